The maximum absolute atomic E-state index is 13.1. The Balaban J connectivity index is 0.000000161. The first-order valence-corrected chi connectivity index (χ1v) is 8.38. The van der Waals surface area contributed by atoms with Crippen LogP contribution in [0.15, 0.2) is 48.8 Å². The van der Waals surface area contributed by atoms with Crippen molar-refractivity contribution in [3.8, 4) is 11.5 Å². The smallest absolute Gasteiger partial charge is 0.220 e. The Morgan fingerprint density at radius 3 is 1.79 bits per heavy atom. The number of nitrogens with zero attached hydrogens (tertiary/aromatic N) is 2. The first-order chi connectivity index (χ1) is 13.4. The number of fused-ring (bicyclic) bond motifs is 2. The topological polar surface area (TPSA) is 44.2 Å². The molecule has 8 heteroatoms. The van der Waals surface area contributed by atoms with E-state index in [4.69, 9.17) is 21.1 Å². The average Bonchev–Trinajstić information content (AvgIpc) is 2.69. The van der Waals surface area contributed by atoms with Crippen molar-refractivity contribution in [1.82, 2.24) is 9.97 Å². The highest BCUT2D eigenvalue weighted by Gasteiger charge is 2.08. The summed E-state index contributed by atoms with van der Waals surface area (Å²) < 4.78 is 49.0. The molecule has 0 saturated heterocycles. The highest BCUT2D eigenvalue weighted by molar-refractivity contribution is 6.34. The lowest BCUT2D eigenvalue weighted by molar-refractivity contribution is 0.416. The summed E-state index contributed by atoms with van der Waals surface area (Å²) in [4.78, 5) is 7.42. The third-order valence-electron chi connectivity index (χ3n) is 3.97. The largest absolute Gasteiger partial charge is 0.494 e. The van der Waals surface area contributed by atoms with Crippen LogP contribution in [0.2, 0.25) is 5.15 Å². The van der Waals surface area contributed by atoms with E-state index in [0.717, 1.165) is 0 Å². The van der Waals surface area contributed by atoms with Crippen LogP contribution in [0.3, 0.4) is 0 Å². The zero-order valence-electron chi connectivity index (χ0n) is 14.8. The number of pyridine rings is 2. The molecule has 144 valence electrons. The number of ether oxygens (including phenoxy) is 2. The molecule has 4 aromatic rings. The van der Waals surface area contributed by atoms with E-state index in [9.17, 15) is 13.2 Å². The van der Waals surface area contributed by atoms with Gasteiger partial charge in [0.15, 0.2) is 0 Å². The fourth-order valence-electron chi connectivity index (χ4n) is 2.63. The number of aromatic nitrogens is 2. The molecule has 0 aliphatic rings. The lowest BCUT2D eigenvalue weighted by atomic mass is 10.1. The third kappa shape index (κ3) is 3.94. The van der Waals surface area contributed by atoms with Crippen molar-refractivity contribution in [3.05, 3.63) is 71.5 Å². The molecule has 0 fully saturated rings. The van der Waals surface area contributed by atoms with Crippen LogP contribution in [-0.2, 0) is 0 Å². The maximum Gasteiger partial charge on any atom is 0.220 e. The number of halogens is 4. The summed E-state index contributed by atoms with van der Waals surface area (Å²) in [7, 11) is 2.94. The fourth-order valence-corrected chi connectivity index (χ4v) is 2.85. The van der Waals surface area contributed by atoms with E-state index in [2.05, 4.69) is 9.97 Å². The first-order valence-electron chi connectivity index (χ1n) is 8.00. The maximum atomic E-state index is 13.1. The second-order valence-corrected chi connectivity index (χ2v) is 5.97. The fraction of sp³-hybridized carbons (Fsp3) is 0.100. The molecule has 2 aromatic heterocycles. The minimum absolute atomic E-state index is 0.255. The average molecular weight is 407 g/mol. The highest BCUT2D eigenvalue weighted by Crippen LogP contribution is 2.29. The molecule has 28 heavy (non-hydrogen) atoms. The summed E-state index contributed by atoms with van der Waals surface area (Å²) >= 11 is 5.85. The van der Waals surface area contributed by atoms with Gasteiger partial charge in [-0.05, 0) is 36.4 Å². The Morgan fingerprint density at radius 1 is 0.714 bits per heavy atom. The molecule has 0 N–H and O–H groups in total. The molecular weight excluding hydrogens is 393 g/mol. The molecule has 0 saturated carbocycles. The minimum atomic E-state index is -0.624. The van der Waals surface area contributed by atoms with Crippen molar-refractivity contribution in [1.29, 1.82) is 0 Å². The van der Waals surface area contributed by atoms with Gasteiger partial charge in [-0.3, -0.25) is 0 Å². The van der Waals surface area contributed by atoms with Crippen LogP contribution >= 0.6 is 11.6 Å². The van der Waals surface area contributed by atoms with Gasteiger partial charge in [-0.1, -0.05) is 11.6 Å². The SMILES string of the molecule is COc1cnc(Cl)c2ccc(F)cc12.COc1cnc(F)c2ccc(F)cc12. The van der Waals surface area contributed by atoms with Crippen molar-refractivity contribution < 1.29 is 22.6 Å². The minimum Gasteiger partial charge on any atom is -0.494 e. The quantitative estimate of drug-likeness (QED) is 0.409. The second-order valence-electron chi connectivity index (χ2n) is 5.61. The van der Waals surface area contributed by atoms with Crippen LogP contribution in [0.1, 0.15) is 0 Å². The Bertz CT molecular complexity index is 1060. The number of hydrogen-bond acceptors (Lipinski definition) is 4. The predicted molar refractivity (Wildman–Crippen MR) is 101 cm³/mol. The van der Waals surface area contributed by atoms with Gasteiger partial charge in [0.25, 0.3) is 0 Å². The Labute approximate surface area is 163 Å². The lowest BCUT2D eigenvalue weighted by Gasteiger charge is -2.05. The molecule has 0 spiro atoms. The van der Waals surface area contributed by atoms with Gasteiger partial charge in [0.2, 0.25) is 5.95 Å². The number of hydrogen-bond donors (Lipinski definition) is 0. The molecule has 0 aliphatic carbocycles. The second kappa shape index (κ2) is 8.31. The Kier molecular flexibility index (Phi) is 5.84. The van der Waals surface area contributed by atoms with Gasteiger partial charge in [0.1, 0.15) is 28.3 Å². The zero-order chi connectivity index (χ0) is 20.3. The lowest BCUT2D eigenvalue weighted by Crippen LogP contribution is -1.91. The van der Waals surface area contributed by atoms with Gasteiger partial charge in [0.05, 0.1) is 26.6 Å². The van der Waals surface area contributed by atoms with Gasteiger partial charge in [-0.25, -0.2) is 18.7 Å². The van der Waals surface area contributed by atoms with Crippen molar-refractivity contribution >= 4 is 33.1 Å². The van der Waals surface area contributed by atoms with Crippen molar-refractivity contribution in [3.63, 3.8) is 0 Å². The summed E-state index contributed by atoms with van der Waals surface area (Å²) in [6.07, 6.45) is 2.71. The van der Waals surface area contributed by atoms with E-state index in [1.165, 1.54) is 56.9 Å². The monoisotopic (exact) mass is 406 g/mol. The number of methoxy groups -OCH3 is 2. The third-order valence-corrected chi connectivity index (χ3v) is 4.27. The van der Waals surface area contributed by atoms with Crippen LogP contribution in [-0.4, -0.2) is 24.2 Å². The highest BCUT2D eigenvalue weighted by atomic mass is 35.5. The van der Waals surface area contributed by atoms with E-state index in [1.807, 2.05) is 0 Å². The summed E-state index contributed by atoms with van der Waals surface area (Å²) in [6.45, 7) is 0. The molecule has 4 rings (SSSR count). The van der Waals surface area contributed by atoms with Crippen LogP contribution in [0.5, 0.6) is 11.5 Å². The standard InChI is InChI=1S/C10H7ClFNO.C10H7F2NO/c1-14-9-5-13-10(11)7-3-2-6(12)4-8(7)9;1-14-9-5-13-10(12)7-3-2-6(11)4-8(7)9/h2*2-5H,1H3. The summed E-state index contributed by atoms with van der Waals surface area (Å²) in [5.41, 5.74) is 0. The van der Waals surface area contributed by atoms with Crippen molar-refractivity contribution in [2.75, 3.05) is 14.2 Å². The first kappa shape index (κ1) is 19.7. The molecule has 0 atom stereocenters. The molecular formula is C20H14ClF3N2O2. The van der Waals surface area contributed by atoms with Gasteiger partial charge in [0, 0.05) is 21.5 Å². The van der Waals surface area contributed by atoms with Crippen molar-refractivity contribution in [2.45, 2.75) is 0 Å². The van der Waals surface area contributed by atoms with E-state index in [0.29, 0.717) is 32.8 Å². The molecule has 0 radical (unpaired) electrons. The van der Waals surface area contributed by atoms with Gasteiger partial charge < -0.3 is 9.47 Å². The zero-order valence-corrected chi connectivity index (χ0v) is 15.6. The van der Waals surface area contributed by atoms with E-state index >= 15 is 0 Å². The van der Waals surface area contributed by atoms with Gasteiger partial charge >= 0.3 is 0 Å². The molecule has 4 nitrogen and oxygen atoms in total. The van der Waals surface area contributed by atoms with Crippen LogP contribution < -0.4 is 9.47 Å². The molecule has 0 aliphatic heterocycles. The summed E-state index contributed by atoms with van der Waals surface area (Å²) in [5, 5.41) is 2.31. The van der Waals surface area contributed by atoms with Crippen LogP contribution in [0, 0.1) is 17.6 Å². The summed E-state index contributed by atoms with van der Waals surface area (Å²) in [6, 6.07) is 8.06. The van der Waals surface area contributed by atoms with Crippen LogP contribution in [0.25, 0.3) is 21.5 Å². The normalized spacial score (nSPS) is 10.5. The van der Waals surface area contributed by atoms with E-state index < -0.39 is 11.8 Å². The van der Waals surface area contributed by atoms with Crippen LogP contribution in [0.4, 0.5) is 13.2 Å². The predicted octanol–water partition coefficient (Wildman–Crippen LogP) is 5.56. The number of benzene rings is 2. The molecule has 2 aromatic carbocycles. The van der Waals surface area contributed by atoms with E-state index in [-0.39, 0.29) is 11.2 Å². The Morgan fingerprint density at radius 2 is 1.21 bits per heavy atom. The van der Waals surface area contributed by atoms with E-state index in [1.54, 1.807) is 6.07 Å². The summed E-state index contributed by atoms with van der Waals surface area (Å²) in [5.74, 6) is -0.495. The van der Waals surface area contributed by atoms with Gasteiger partial charge in [-0.15, -0.1) is 0 Å². The van der Waals surface area contributed by atoms with Gasteiger partial charge in [-0.2, -0.15) is 4.39 Å². The number of rotatable bonds is 2. The Hall–Kier alpha value is -3.06. The molecule has 0 bridgehead atoms. The van der Waals surface area contributed by atoms with Crippen molar-refractivity contribution in [2.24, 2.45) is 0 Å². The molecule has 0 unspecified atom stereocenters. The molecule has 0 amide bonds. The molecule has 2 heterocycles.